The molecule has 2 atom stereocenters. The number of fused-ring (bicyclic) bond motifs is 2. The topological polar surface area (TPSA) is 81.4 Å². The molecule has 5 rings (SSSR count). The molecule has 0 aromatic carbocycles. The van der Waals surface area contributed by atoms with Crippen LogP contribution in [0.2, 0.25) is 0 Å². The van der Waals surface area contributed by atoms with Crippen LogP contribution in [-0.4, -0.2) is 23.6 Å². The molecule has 3 N–H and O–H groups in total. The lowest BCUT2D eigenvalue weighted by Crippen LogP contribution is -2.63. The molecule has 3 fully saturated rings. The zero-order chi connectivity index (χ0) is 14.8. The van der Waals surface area contributed by atoms with E-state index >= 15 is 0 Å². The van der Waals surface area contributed by atoms with E-state index in [0.717, 1.165) is 19.3 Å². The molecule has 0 saturated heterocycles. The maximum Gasteiger partial charge on any atom is 0.407 e. The van der Waals surface area contributed by atoms with Crippen LogP contribution in [0, 0.1) is 16.7 Å². The van der Waals surface area contributed by atoms with Gasteiger partial charge < -0.3 is 15.8 Å². The smallest absolute Gasteiger partial charge is 0.407 e. The molecule has 20 heavy (non-hydrogen) atoms. The summed E-state index contributed by atoms with van der Waals surface area (Å²) in [4.78, 5) is 23.8. The Morgan fingerprint density at radius 3 is 2.50 bits per heavy atom. The normalized spacial score (nSPS) is 41.0. The first-order valence-electron chi connectivity index (χ1n) is 7.14. The van der Waals surface area contributed by atoms with Crippen molar-refractivity contribution in [2.75, 3.05) is 0 Å². The van der Waals surface area contributed by atoms with E-state index in [0.29, 0.717) is 0 Å². The number of alkyl carbamates (subject to hydrolysis) is 1. The lowest BCUT2D eigenvalue weighted by molar-refractivity contribution is -0.139. The first kappa shape index (κ1) is 13.5. The van der Waals surface area contributed by atoms with Crippen molar-refractivity contribution in [3.8, 4) is 0 Å². The number of carbonyl (C=O) groups is 2. The van der Waals surface area contributed by atoms with Gasteiger partial charge in [-0.15, -0.1) is 0 Å². The highest BCUT2D eigenvalue weighted by molar-refractivity contribution is 5.81. The van der Waals surface area contributed by atoms with Crippen molar-refractivity contribution in [2.24, 2.45) is 22.5 Å². The van der Waals surface area contributed by atoms with Crippen LogP contribution >= 0.6 is 0 Å². The molecule has 2 bridgehead atoms. The molecular weight excluding hydrogens is 256 g/mol. The minimum absolute atomic E-state index is 0.121. The van der Waals surface area contributed by atoms with Crippen LogP contribution in [0.5, 0.6) is 0 Å². The lowest BCUT2D eigenvalue weighted by atomic mass is 9.45. The quantitative estimate of drug-likeness (QED) is 0.755. The summed E-state index contributed by atoms with van der Waals surface area (Å²) < 4.78 is 5.28. The molecule has 0 radical (unpaired) electrons. The third-order valence-electron chi connectivity index (χ3n) is 4.79. The van der Waals surface area contributed by atoms with E-state index in [1.807, 2.05) is 20.8 Å². The third kappa shape index (κ3) is 1.91. The SMILES string of the molecule is CC(C)(C)OC(=O)NC1CC23C=CC(C2)(C3)C1C(N)=O. The fourth-order valence-corrected chi connectivity index (χ4v) is 4.40. The van der Waals surface area contributed by atoms with Crippen molar-refractivity contribution in [1.29, 1.82) is 0 Å². The van der Waals surface area contributed by atoms with Gasteiger partial charge in [-0.3, -0.25) is 4.79 Å². The van der Waals surface area contributed by atoms with Gasteiger partial charge in [0.25, 0.3) is 0 Å². The van der Waals surface area contributed by atoms with Crippen LogP contribution in [0.15, 0.2) is 12.2 Å². The lowest BCUT2D eigenvalue weighted by Gasteiger charge is -2.59. The summed E-state index contributed by atoms with van der Waals surface area (Å²) in [7, 11) is 0. The Morgan fingerprint density at radius 1 is 1.30 bits per heavy atom. The maximum absolute atomic E-state index is 11.9. The van der Waals surface area contributed by atoms with Gasteiger partial charge in [-0.2, -0.15) is 0 Å². The van der Waals surface area contributed by atoms with Crippen LogP contribution < -0.4 is 11.1 Å². The Labute approximate surface area is 118 Å². The Morgan fingerprint density at radius 2 is 1.95 bits per heavy atom. The maximum atomic E-state index is 11.9. The molecular formula is C15H22N2O3. The second-order valence-electron chi connectivity index (χ2n) is 7.62. The van der Waals surface area contributed by atoms with Gasteiger partial charge in [0, 0.05) is 11.5 Å². The van der Waals surface area contributed by atoms with Crippen LogP contribution in [0.1, 0.15) is 40.0 Å². The van der Waals surface area contributed by atoms with Crippen molar-refractivity contribution < 1.29 is 14.3 Å². The van der Waals surface area contributed by atoms with Crippen molar-refractivity contribution in [3.05, 3.63) is 12.2 Å². The molecule has 5 aliphatic rings. The van der Waals surface area contributed by atoms with Gasteiger partial charge in [0.15, 0.2) is 0 Å². The average Bonchev–Trinajstić information content (AvgIpc) is 2.65. The summed E-state index contributed by atoms with van der Waals surface area (Å²) in [6.07, 6.45) is 6.65. The Hall–Kier alpha value is -1.52. The number of primary amides is 1. The molecule has 5 aliphatic carbocycles. The summed E-state index contributed by atoms with van der Waals surface area (Å²) in [5.41, 5.74) is 5.09. The highest BCUT2D eigenvalue weighted by Crippen LogP contribution is 2.71. The van der Waals surface area contributed by atoms with E-state index in [9.17, 15) is 9.59 Å². The van der Waals surface area contributed by atoms with E-state index in [2.05, 4.69) is 17.5 Å². The predicted octanol–water partition coefficient (Wildman–Crippen LogP) is 1.72. The van der Waals surface area contributed by atoms with Crippen LogP contribution in [-0.2, 0) is 9.53 Å². The van der Waals surface area contributed by atoms with Gasteiger partial charge in [-0.1, -0.05) is 12.2 Å². The number of hydrogen-bond donors (Lipinski definition) is 2. The number of carbonyl (C=O) groups excluding carboxylic acids is 2. The number of allylic oxidation sites excluding steroid dienone is 2. The molecule has 0 aromatic rings. The van der Waals surface area contributed by atoms with Crippen LogP contribution in [0.3, 0.4) is 0 Å². The van der Waals surface area contributed by atoms with E-state index in [-0.39, 0.29) is 28.7 Å². The van der Waals surface area contributed by atoms with Crippen LogP contribution in [0.25, 0.3) is 0 Å². The number of amides is 2. The first-order chi connectivity index (χ1) is 9.15. The minimum Gasteiger partial charge on any atom is -0.444 e. The molecule has 0 aromatic heterocycles. The largest absolute Gasteiger partial charge is 0.444 e. The van der Waals surface area contributed by atoms with Gasteiger partial charge in [0.05, 0.1) is 5.92 Å². The van der Waals surface area contributed by atoms with Crippen molar-refractivity contribution >= 4 is 12.0 Å². The second kappa shape index (κ2) is 3.77. The summed E-state index contributed by atoms with van der Waals surface area (Å²) in [6.45, 7) is 5.46. The molecule has 0 heterocycles. The number of hydrogen-bond acceptors (Lipinski definition) is 3. The fourth-order valence-electron chi connectivity index (χ4n) is 4.40. The number of nitrogens with two attached hydrogens (primary N) is 1. The molecule has 0 spiro atoms. The van der Waals surface area contributed by atoms with Gasteiger partial charge in [0.1, 0.15) is 5.60 Å². The third-order valence-corrected chi connectivity index (χ3v) is 4.79. The molecule has 3 saturated carbocycles. The summed E-state index contributed by atoms with van der Waals surface area (Å²) in [5.74, 6) is -0.651. The summed E-state index contributed by atoms with van der Waals surface area (Å²) in [5, 5.41) is 2.86. The molecule has 0 aliphatic heterocycles. The number of nitrogens with one attached hydrogen (secondary N) is 1. The van der Waals surface area contributed by atoms with Gasteiger partial charge in [-0.05, 0) is 45.4 Å². The molecule has 2 amide bonds. The van der Waals surface area contributed by atoms with Gasteiger partial charge in [0.2, 0.25) is 5.91 Å². The Kier molecular flexibility index (Phi) is 2.54. The van der Waals surface area contributed by atoms with Gasteiger partial charge in [-0.25, -0.2) is 4.79 Å². The van der Waals surface area contributed by atoms with Crippen molar-refractivity contribution in [3.63, 3.8) is 0 Å². The zero-order valence-corrected chi connectivity index (χ0v) is 12.2. The van der Waals surface area contributed by atoms with Crippen molar-refractivity contribution in [1.82, 2.24) is 5.32 Å². The second-order valence-corrected chi connectivity index (χ2v) is 7.62. The van der Waals surface area contributed by atoms with Crippen molar-refractivity contribution in [2.45, 2.75) is 51.7 Å². The van der Waals surface area contributed by atoms with E-state index < -0.39 is 11.7 Å². The molecule has 2 unspecified atom stereocenters. The predicted molar refractivity (Wildman–Crippen MR) is 73.7 cm³/mol. The number of ether oxygens (including phenoxy) is 1. The van der Waals surface area contributed by atoms with Gasteiger partial charge >= 0.3 is 6.09 Å². The summed E-state index contributed by atoms with van der Waals surface area (Å²) >= 11 is 0. The standard InChI is InChI=1S/C15H22N2O3/c1-13(2,3)20-12(19)17-9-6-14-4-5-15(7-14,8-14)10(9)11(16)18/h4-5,9-10H,6-8H2,1-3H3,(H2,16,18)(H,17,19). The zero-order valence-electron chi connectivity index (χ0n) is 12.2. The first-order valence-corrected chi connectivity index (χ1v) is 7.14. The highest BCUT2D eigenvalue weighted by Gasteiger charge is 2.67. The number of rotatable bonds is 2. The molecule has 5 heteroatoms. The monoisotopic (exact) mass is 278 g/mol. The Bertz CT molecular complexity index is 498. The summed E-state index contributed by atoms with van der Waals surface area (Å²) in [6, 6.07) is -0.222. The van der Waals surface area contributed by atoms with E-state index in [4.69, 9.17) is 10.5 Å². The fraction of sp³-hybridized carbons (Fsp3) is 0.733. The average molecular weight is 278 g/mol. The Balaban J connectivity index is 1.74. The molecule has 110 valence electrons. The van der Waals surface area contributed by atoms with Crippen LogP contribution in [0.4, 0.5) is 4.79 Å². The van der Waals surface area contributed by atoms with E-state index in [1.54, 1.807) is 0 Å². The highest BCUT2D eigenvalue weighted by atomic mass is 16.6. The van der Waals surface area contributed by atoms with E-state index in [1.165, 1.54) is 0 Å². The molecule has 5 nitrogen and oxygen atoms in total. The minimum atomic E-state index is -0.544.